The highest BCUT2D eigenvalue weighted by Crippen LogP contribution is 2.44. The lowest BCUT2D eigenvalue weighted by Crippen LogP contribution is -2.00. The van der Waals surface area contributed by atoms with Crippen molar-refractivity contribution in [3.8, 4) is 28.0 Å². The molecule has 0 bridgehead atoms. The van der Waals surface area contributed by atoms with E-state index in [0.29, 0.717) is 5.75 Å². The van der Waals surface area contributed by atoms with E-state index in [1.54, 1.807) is 0 Å². The average Bonchev–Trinajstić information content (AvgIpc) is 1.77. The van der Waals surface area contributed by atoms with E-state index in [9.17, 15) is 0 Å². The quantitative estimate of drug-likeness (QED) is 0.140. The predicted octanol–water partition coefficient (Wildman–Crippen LogP) is 24.6. The molecule has 89 heavy (non-hydrogen) atoms. The van der Waals surface area contributed by atoms with Crippen molar-refractivity contribution in [1.29, 1.82) is 0 Å². The van der Waals surface area contributed by atoms with Crippen LogP contribution in [0.1, 0.15) is 14.9 Å². The van der Waals surface area contributed by atoms with Crippen LogP contribution < -0.4 is 4.65 Å². The second-order valence-electron chi connectivity index (χ2n) is 22.0. The van der Waals surface area contributed by atoms with Gasteiger partial charge in [0.25, 0.3) is 0 Å². The van der Waals surface area contributed by atoms with E-state index >= 15 is 0 Å². The molecular formula is C80H52BBr2O6. The molecule has 425 valence electrons. The second-order valence-corrected chi connectivity index (χ2v) is 23.9. The Morgan fingerprint density at radius 3 is 0.933 bits per heavy atom. The lowest BCUT2D eigenvalue weighted by Gasteiger charge is -2.11. The minimum atomic E-state index is 0. The number of halogens is 2. The molecule has 4 heterocycles. The van der Waals surface area contributed by atoms with Crippen LogP contribution >= 0.6 is 31.9 Å². The summed E-state index contributed by atoms with van der Waals surface area (Å²) in [6.45, 7) is 0. The van der Waals surface area contributed by atoms with Crippen molar-refractivity contribution in [2.24, 2.45) is 0 Å². The van der Waals surface area contributed by atoms with Crippen molar-refractivity contribution < 1.29 is 27.3 Å². The molecule has 0 amide bonds. The van der Waals surface area contributed by atoms with Crippen LogP contribution in [0, 0.1) is 0 Å². The molecule has 0 fully saturated rings. The first-order chi connectivity index (χ1) is 42.8. The Labute approximate surface area is 528 Å². The van der Waals surface area contributed by atoms with E-state index < -0.39 is 0 Å². The van der Waals surface area contributed by atoms with E-state index in [-0.39, 0.29) is 14.9 Å². The Balaban J connectivity index is 0.000000133. The van der Waals surface area contributed by atoms with Crippen molar-refractivity contribution in [2.45, 2.75) is 14.9 Å². The molecule has 19 rings (SSSR count). The van der Waals surface area contributed by atoms with Gasteiger partial charge in [0, 0.05) is 57.4 Å². The first-order valence-corrected chi connectivity index (χ1v) is 30.3. The number of hydrogen-bond acceptors (Lipinski definition) is 6. The summed E-state index contributed by atoms with van der Waals surface area (Å²) < 4.78 is 32.2. The highest BCUT2D eigenvalue weighted by Gasteiger charge is 2.19. The summed E-state index contributed by atoms with van der Waals surface area (Å²) in [5, 5.41) is 31.9. The van der Waals surface area contributed by atoms with Crippen molar-refractivity contribution in [1.82, 2.24) is 0 Å². The molecule has 6 nitrogen and oxygen atoms in total. The fourth-order valence-corrected chi connectivity index (χ4v) is 13.9. The lowest BCUT2D eigenvalue weighted by atomic mass is 9.92. The van der Waals surface area contributed by atoms with Gasteiger partial charge >= 0.3 is 7.69 Å². The third-order valence-corrected chi connectivity index (χ3v) is 18.1. The molecule has 0 saturated heterocycles. The summed E-state index contributed by atoms with van der Waals surface area (Å²) >= 11 is 7.04. The topological polar surface area (TPSA) is 82.0 Å². The minimum absolute atomic E-state index is 0. The molecule has 19 aromatic rings. The van der Waals surface area contributed by atoms with Gasteiger partial charge in [-0.05, 0) is 185 Å². The van der Waals surface area contributed by atoms with E-state index in [2.05, 4.69) is 226 Å². The molecule has 0 spiro atoms. The molecule has 4 aromatic heterocycles. The zero-order valence-electron chi connectivity index (χ0n) is 46.1. The zero-order chi connectivity index (χ0) is 57.9. The van der Waals surface area contributed by atoms with Crippen molar-refractivity contribution in [3.63, 3.8) is 0 Å². The predicted molar refractivity (Wildman–Crippen MR) is 382 cm³/mol. The summed E-state index contributed by atoms with van der Waals surface area (Å²) in [6, 6.07) is 91.0. The molecule has 0 saturated carbocycles. The first kappa shape index (κ1) is 55.4. The van der Waals surface area contributed by atoms with Crippen LogP contribution in [0.3, 0.4) is 0 Å². The Morgan fingerprint density at radius 2 is 0.551 bits per heavy atom. The van der Waals surface area contributed by atoms with Gasteiger partial charge in [-0.15, -0.1) is 0 Å². The SMILES string of the molecule is Brc1ccc2oc3cc4c(cc3c2c1)oc1ccc(Br)cc14.C.C.O[B]Oc1cc2ccccc2c2ccccc12.c1ccc2c(c1)cc(-c1ccc3oc4cc5c(cc4c3c1)oc1ccc(-c3cc4ccccc4c4ccccc34)cc15)c1ccccc12. The number of rotatable bonds is 4. The highest BCUT2D eigenvalue weighted by molar-refractivity contribution is 9.10. The third-order valence-electron chi connectivity index (χ3n) is 17.1. The van der Waals surface area contributed by atoms with Gasteiger partial charge in [0.05, 0.1) is 0 Å². The number of hydrogen-bond donors (Lipinski definition) is 1. The summed E-state index contributed by atoms with van der Waals surface area (Å²) in [5.41, 5.74) is 11.8. The number of benzene rings is 15. The second kappa shape index (κ2) is 22.2. The lowest BCUT2D eigenvalue weighted by molar-refractivity contribution is 0.457. The maximum atomic E-state index is 8.80. The molecule has 0 aliphatic heterocycles. The smallest absolute Gasteiger partial charge is 0.537 e. The van der Waals surface area contributed by atoms with Crippen LogP contribution in [0.15, 0.2) is 287 Å². The molecule has 1 N–H and O–H groups in total. The van der Waals surface area contributed by atoms with Crippen molar-refractivity contribution >= 4 is 192 Å². The summed E-state index contributed by atoms with van der Waals surface area (Å²) in [7, 11) is 0.719. The van der Waals surface area contributed by atoms with E-state index in [1.165, 1.54) is 70.7 Å². The molecule has 15 aromatic carbocycles. The van der Waals surface area contributed by atoms with Gasteiger partial charge in [0.1, 0.15) is 50.4 Å². The van der Waals surface area contributed by atoms with Crippen LogP contribution in [-0.2, 0) is 0 Å². The average molecular weight is 1280 g/mol. The van der Waals surface area contributed by atoms with Gasteiger partial charge < -0.3 is 27.3 Å². The van der Waals surface area contributed by atoms with Gasteiger partial charge in [-0.2, -0.15) is 0 Å². The minimum Gasteiger partial charge on any atom is -0.537 e. The van der Waals surface area contributed by atoms with Gasteiger partial charge in [-0.25, -0.2) is 0 Å². The van der Waals surface area contributed by atoms with Crippen LogP contribution in [0.2, 0.25) is 0 Å². The Bertz CT molecular complexity index is 5720. The van der Waals surface area contributed by atoms with Crippen LogP contribution in [0.4, 0.5) is 0 Å². The van der Waals surface area contributed by atoms with Crippen molar-refractivity contribution in [3.05, 3.63) is 270 Å². The van der Waals surface area contributed by atoms with E-state index in [4.69, 9.17) is 27.3 Å². The number of furan rings is 4. The molecule has 0 unspecified atom stereocenters. The summed E-state index contributed by atoms with van der Waals surface area (Å²) in [5.74, 6) is 0.668. The molecule has 1 radical (unpaired) electrons. The Hall–Kier alpha value is -10.2. The van der Waals surface area contributed by atoms with E-state index in [1.807, 2.05) is 66.7 Å². The Kier molecular flexibility index (Phi) is 13.8. The fourth-order valence-electron chi connectivity index (χ4n) is 13.1. The van der Waals surface area contributed by atoms with Gasteiger partial charge in [-0.3, -0.25) is 0 Å². The first-order valence-electron chi connectivity index (χ1n) is 28.7. The maximum Gasteiger partial charge on any atom is 0.569 e. The van der Waals surface area contributed by atoms with Gasteiger partial charge in [-0.1, -0.05) is 204 Å². The van der Waals surface area contributed by atoms with Gasteiger partial charge in [0.2, 0.25) is 0 Å². The normalized spacial score (nSPS) is 11.6. The zero-order valence-corrected chi connectivity index (χ0v) is 49.3. The van der Waals surface area contributed by atoms with Crippen LogP contribution in [-0.4, -0.2) is 12.7 Å². The summed E-state index contributed by atoms with van der Waals surface area (Å²) in [4.78, 5) is 0. The van der Waals surface area contributed by atoms with Crippen LogP contribution in [0.25, 0.3) is 175 Å². The van der Waals surface area contributed by atoms with Gasteiger partial charge in [0.15, 0.2) is 0 Å². The molecule has 0 atom stereocenters. The maximum absolute atomic E-state index is 8.80. The largest absolute Gasteiger partial charge is 0.569 e. The highest BCUT2D eigenvalue weighted by atomic mass is 79.9. The molecule has 9 heteroatoms. The van der Waals surface area contributed by atoms with Crippen molar-refractivity contribution in [2.75, 3.05) is 0 Å². The molecular weight excluding hydrogens is 1230 g/mol. The fraction of sp³-hybridized carbons (Fsp3) is 0.0250. The van der Waals surface area contributed by atoms with Crippen LogP contribution in [0.5, 0.6) is 5.75 Å². The molecule has 0 aliphatic carbocycles. The number of fused-ring (bicyclic) bond motifs is 21. The molecule has 0 aliphatic rings. The van der Waals surface area contributed by atoms with E-state index in [0.717, 1.165) is 121 Å². The standard InChI is InChI=1S/C46H26O2.C18H8Br2O2.C14H10BO2.2CH4/c1-3-11-31-27(9-1)21-37(35-15-7-5-13-33(31)35)29-17-19-43-39(23-29)41-25-46-42(26-45(41)47-43)40-24-30(18-20-44(40)48-46)38-22-28-10-2-4-12-32(28)34-14-6-8-16-36(34)38;19-9-1-3-15-11(5-9)13-7-18-14(8-17(13)21-15)12-6-10(20)2-4-16(12)22-18;16-15-17-14-9-10-5-1-2-6-11(10)12-7-3-4-8-13(12)14;;/h1-26H;1-8H;1-9,16H;2*1H4. The monoisotopic (exact) mass is 1280 g/mol. The Morgan fingerprint density at radius 1 is 0.258 bits per heavy atom. The third kappa shape index (κ3) is 9.35. The summed E-state index contributed by atoms with van der Waals surface area (Å²) in [6.07, 6.45) is 0.